The third-order valence-electron chi connectivity index (χ3n) is 9.93. The van der Waals surface area contributed by atoms with Crippen LogP contribution in [0.4, 0.5) is 4.39 Å². The summed E-state index contributed by atoms with van der Waals surface area (Å²) in [5, 5.41) is 18.9. The van der Waals surface area contributed by atoms with Crippen LogP contribution in [-0.4, -0.2) is 89.2 Å². The van der Waals surface area contributed by atoms with E-state index in [0.717, 1.165) is 44.7 Å². The number of H-pyrrole nitrogens is 1. The first-order chi connectivity index (χ1) is 19.1. The molecule has 3 aromatic heterocycles. The van der Waals surface area contributed by atoms with Crippen LogP contribution in [0.3, 0.4) is 0 Å². The van der Waals surface area contributed by atoms with Gasteiger partial charge in [0.05, 0.1) is 46.1 Å². The molecular weight excluding hydrogens is 517 g/mol. The van der Waals surface area contributed by atoms with Gasteiger partial charge in [0.25, 0.3) is 11.7 Å². The third-order valence-corrected chi connectivity index (χ3v) is 9.93. The SMILES string of the molecule is CC[C@@]12CC3C[C@@](O)(C1)C[C@](C(=O)N1CCN(C(=O)C(=O)c4c[nH]c5c(-n6ccnn6)ncc(F)c45)CC1)(C3)C2. The number of rotatable bonds is 5. The van der Waals surface area contributed by atoms with Gasteiger partial charge in [0.2, 0.25) is 5.91 Å². The molecule has 4 saturated carbocycles. The number of piperazine rings is 1. The topological polar surface area (TPSA) is 137 Å². The molecule has 5 aliphatic rings. The summed E-state index contributed by atoms with van der Waals surface area (Å²) in [6.45, 7) is 3.25. The van der Waals surface area contributed by atoms with Crippen molar-refractivity contribution in [1.82, 2.24) is 34.8 Å². The molecule has 0 spiro atoms. The summed E-state index contributed by atoms with van der Waals surface area (Å²) < 4.78 is 16.2. The number of amides is 2. The molecule has 4 atom stereocenters. The van der Waals surface area contributed by atoms with Gasteiger partial charge in [-0.25, -0.2) is 14.1 Å². The predicted molar refractivity (Wildman–Crippen MR) is 140 cm³/mol. The molecule has 1 saturated heterocycles. The quantitative estimate of drug-likeness (QED) is 0.368. The Bertz CT molecular complexity index is 1530. The van der Waals surface area contributed by atoms with E-state index in [2.05, 4.69) is 27.2 Å². The first-order valence-corrected chi connectivity index (χ1v) is 14.0. The van der Waals surface area contributed by atoms with Gasteiger partial charge in [0.15, 0.2) is 11.6 Å². The van der Waals surface area contributed by atoms with Gasteiger partial charge in [-0.3, -0.25) is 14.4 Å². The van der Waals surface area contributed by atoms with Gasteiger partial charge in [-0.15, -0.1) is 5.10 Å². The number of nitrogens with zero attached hydrogens (tertiary/aromatic N) is 6. The minimum absolute atomic E-state index is 0.0303. The molecule has 8 rings (SSSR count). The molecule has 0 aromatic carbocycles. The molecule has 40 heavy (non-hydrogen) atoms. The second kappa shape index (κ2) is 8.66. The van der Waals surface area contributed by atoms with E-state index in [1.54, 1.807) is 6.20 Å². The summed E-state index contributed by atoms with van der Waals surface area (Å²) in [6, 6.07) is 0. The first kappa shape index (κ1) is 25.3. The fraction of sp³-hybridized carbons (Fsp3) is 0.571. The Labute approximate surface area is 229 Å². The number of fused-ring (bicyclic) bond motifs is 1. The summed E-state index contributed by atoms with van der Waals surface area (Å²) >= 11 is 0. The van der Waals surface area contributed by atoms with Crippen LogP contribution in [0.25, 0.3) is 16.7 Å². The molecule has 4 heterocycles. The van der Waals surface area contributed by atoms with Gasteiger partial charge in [0, 0.05) is 32.4 Å². The number of aliphatic hydroxyl groups is 1. The smallest absolute Gasteiger partial charge is 0.295 e. The highest BCUT2D eigenvalue weighted by atomic mass is 19.1. The van der Waals surface area contributed by atoms with Gasteiger partial charge in [-0.05, 0) is 49.9 Å². The summed E-state index contributed by atoms with van der Waals surface area (Å²) in [5.41, 5.74) is -1.10. The molecule has 2 amide bonds. The molecule has 210 valence electrons. The predicted octanol–water partition coefficient (Wildman–Crippen LogP) is 2.25. The molecule has 4 aliphatic carbocycles. The van der Waals surface area contributed by atoms with Crippen molar-refractivity contribution in [3.05, 3.63) is 36.2 Å². The summed E-state index contributed by atoms with van der Waals surface area (Å²) in [6.07, 6.45) is 11.1. The van der Waals surface area contributed by atoms with E-state index >= 15 is 0 Å². The number of halogens is 1. The zero-order chi connectivity index (χ0) is 27.9. The molecule has 4 bridgehead atoms. The molecule has 2 N–H and O–H groups in total. The number of Topliss-reactive ketones (excluding diaryl/α,β-unsaturated/α-hetero) is 1. The van der Waals surface area contributed by atoms with Gasteiger partial charge >= 0.3 is 0 Å². The maximum absolute atomic E-state index is 14.8. The molecule has 3 aromatic rings. The summed E-state index contributed by atoms with van der Waals surface area (Å²) in [4.78, 5) is 50.6. The largest absolute Gasteiger partial charge is 0.390 e. The van der Waals surface area contributed by atoms with Gasteiger partial charge < -0.3 is 19.9 Å². The third kappa shape index (κ3) is 3.71. The Morgan fingerprint density at radius 3 is 2.58 bits per heavy atom. The van der Waals surface area contributed by atoms with E-state index in [1.165, 1.54) is 22.0 Å². The Kier molecular flexibility index (Phi) is 5.48. The number of carbonyl (C=O) groups is 3. The van der Waals surface area contributed by atoms with Crippen LogP contribution in [0, 0.1) is 22.6 Å². The monoisotopic (exact) mass is 549 g/mol. The van der Waals surface area contributed by atoms with Gasteiger partial charge in [-0.2, -0.15) is 0 Å². The lowest BCUT2D eigenvalue weighted by Gasteiger charge is -2.65. The van der Waals surface area contributed by atoms with Crippen molar-refractivity contribution in [2.45, 2.75) is 57.5 Å². The lowest BCUT2D eigenvalue weighted by Crippen LogP contribution is -2.65. The van der Waals surface area contributed by atoms with E-state index in [4.69, 9.17) is 0 Å². The van der Waals surface area contributed by atoms with Crippen LogP contribution in [0.5, 0.6) is 0 Å². The van der Waals surface area contributed by atoms with Crippen molar-refractivity contribution in [1.29, 1.82) is 0 Å². The van der Waals surface area contributed by atoms with Crippen molar-refractivity contribution in [3.8, 4) is 5.82 Å². The zero-order valence-electron chi connectivity index (χ0n) is 22.4. The number of hydrogen-bond donors (Lipinski definition) is 2. The molecule has 1 aliphatic heterocycles. The summed E-state index contributed by atoms with van der Waals surface area (Å²) in [7, 11) is 0. The molecule has 12 heteroatoms. The average Bonchev–Trinajstić information content (AvgIpc) is 3.62. The van der Waals surface area contributed by atoms with Crippen LogP contribution in [0.1, 0.15) is 62.2 Å². The summed E-state index contributed by atoms with van der Waals surface area (Å²) in [5.74, 6) is -1.57. The molecule has 0 radical (unpaired) electrons. The van der Waals surface area contributed by atoms with Gasteiger partial charge in [-0.1, -0.05) is 18.6 Å². The standard InChI is InChI=1S/C28H32FN7O4/c1-2-26-9-17-10-27(14-26,16-28(40,11-17)15-26)25(39)35-7-5-34(6-8-35)24(38)22(37)18-12-30-21-20(18)19(29)13-31-23(21)36-4-3-32-33-36/h3-4,12-13,17,30,40H,2,5-11,14-16H2,1H3/t17?,26-,27-,28+/m0/s1. The maximum atomic E-state index is 14.8. The number of nitrogens with one attached hydrogen (secondary N) is 1. The Hall–Kier alpha value is -3.67. The lowest BCUT2D eigenvalue weighted by molar-refractivity contribution is -0.210. The van der Waals surface area contributed by atoms with Crippen molar-refractivity contribution < 1.29 is 23.9 Å². The van der Waals surface area contributed by atoms with Crippen LogP contribution < -0.4 is 0 Å². The fourth-order valence-corrected chi connectivity index (χ4v) is 8.69. The Balaban J connectivity index is 1.07. The highest BCUT2D eigenvalue weighted by Crippen LogP contribution is 2.68. The number of pyridine rings is 1. The fourth-order valence-electron chi connectivity index (χ4n) is 8.69. The van der Waals surface area contributed by atoms with Gasteiger partial charge in [0.1, 0.15) is 0 Å². The highest BCUT2D eigenvalue weighted by molar-refractivity contribution is 6.45. The van der Waals surface area contributed by atoms with Crippen LogP contribution in [0.15, 0.2) is 24.8 Å². The van der Waals surface area contributed by atoms with E-state index in [-0.39, 0.29) is 46.7 Å². The first-order valence-electron chi connectivity index (χ1n) is 14.0. The number of carbonyl (C=O) groups excluding carboxylic acids is 3. The second-order valence-electron chi connectivity index (χ2n) is 12.5. The van der Waals surface area contributed by atoms with E-state index in [1.807, 2.05) is 4.90 Å². The van der Waals surface area contributed by atoms with Crippen molar-refractivity contribution in [2.75, 3.05) is 26.2 Å². The lowest BCUT2D eigenvalue weighted by atomic mass is 9.42. The average molecular weight is 550 g/mol. The van der Waals surface area contributed by atoms with Crippen LogP contribution >= 0.6 is 0 Å². The zero-order valence-corrected chi connectivity index (χ0v) is 22.4. The molecule has 11 nitrogen and oxygen atoms in total. The maximum Gasteiger partial charge on any atom is 0.295 e. The van der Waals surface area contributed by atoms with E-state index < -0.39 is 28.5 Å². The number of aromatic nitrogens is 5. The van der Waals surface area contributed by atoms with E-state index in [9.17, 15) is 23.9 Å². The van der Waals surface area contributed by atoms with Crippen LogP contribution in [-0.2, 0) is 9.59 Å². The highest BCUT2D eigenvalue weighted by Gasteiger charge is 2.65. The number of ketones is 1. The Morgan fingerprint density at radius 1 is 1.10 bits per heavy atom. The van der Waals surface area contributed by atoms with E-state index in [0.29, 0.717) is 25.4 Å². The minimum Gasteiger partial charge on any atom is -0.390 e. The van der Waals surface area contributed by atoms with Crippen molar-refractivity contribution in [3.63, 3.8) is 0 Å². The normalized spacial score (nSPS) is 31.2. The Morgan fingerprint density at radius 2 is 1.88 bits per heavy atom. The van der Waals surface area contributed by atoms with Crippen molar-refractivity contribution >= 4 is 28.5 Å². The van der Waals surface area contributed by atoms with Crippen molar-refractivity contribution in [2.24, 2.45) is 16.7 Å². The number of aromatic amines is 1. The minimum atomic E-state index is -0.825. The molecule has 1 unspecified atom stereocenters. The molecular formula is C28H32FN7O4. The number of hydrogen-bond acceptors (Lipinski definition) is 7. The van der Waals surface area contributed by atoms with Crippen LogP contribution in [0.2, 0.25) is 0 Å². The second-order valence-corrected chi connectivity index (χ2v) is 12.5. The molecule has 5 fully saturated rings.